The fraction of sp³-hybridized carbons (Fsp3) is 0.744. The number of likely N-dealkylation sites (N-methyl/N-ethyl adjacent to an activating group) is 1. The van der Waals surface area contributed by atoms with E-state index in [0.717, 1.165) is 75.3 Å². The van der Waals surface area contributed by atoms with Gasteiger partial charge >= 0.3 is 0 Å². The first kappa shape index (κ1) is 47.6. The fourth-order valence-electron chi connectivity index (χ4n) is 7.84. The minimum atomic E-state index is -1.21. The average Bonchev–Trinajstić information content (AvgIpc) is 3.47. The summed E-state index contributed by atoms with van der Waals surface area (Å²) in [5, 5.41) is 11.6. The van der Waals surface area contributed by atoms with Crippen LogP contribution in [0.5, 0.6) is 5.75 Å². The monoisotopic (exact) mass is 800 g/mol. The summed E-state index contributed by atoms with van der Waals surface area (Å²) in [5.41, 5.74) is 13.7. The fourth-order valence-corrected chi connectivity index (χ4v) is 7.84. The number of nitrogens with zero attached hydrogens (tertiary/aromatic N) is 1. The number of nitrogens with two attached hydrogens (primary N) is 2. The SMILES string of the molecule is CCCCCC[C@H]1OC[C@@H](C)NC(=O)[C@H](COc2ccc(CN)cc2C)NC(=O)[C@H](CN)NC(=O)[C@H](C2CCCCCC2)NC(=O)[C@H](CC(C)C)N(C)C(=O)[C@@H]1C. The van der Waals surface area contributed by atoms with Gasteiger partial charge in [0.05, 0.1) is 18.6 Å². The number of aryl methyl sites for hydroxylation is 1. The Labute approximate surface area is 341 Å². The highest BCUT2D eigenvalue weighted by molar-refractivity contribution is 5.96. The van der Waals surface area contributed by atoms with E-state index in [2.05, 4.69) is 28.2 Å². The lowest BCUT2D eigenvalue weighted by Crippen LogP contribution is -2.62. The molecule has 7 atom stereocenters. The number of hydrogen-bond donors (Lipinski definition) is 6. The molecule has 2 fully saturated rings. The molecule has 1 saturated heterocycles. The van der Waals surface area contributed by atoms with Crippen LogP contribution in [-0.2, 0) is 35.3 Å². The topological polar surface area (TPSA) is 207 Å². The van der Waals surface area contributed by atoms with E-state index in [4.69, 9.17) is 20.9 Å². The Morgan fingerprint density at radius 1 is 0.860 bits per heavy atom. The van der Waals surface area contributed by atoms with Crippen LogP contribution in [0.3, 0.4) is 0 Å². The van der Waals surface area contributed by atoms with Crippen molar-refractivity contribution in [1.82, 2.24) is 26.2 Å². The maximum atomic E-state index is 14.4. The van der Waals surface area contributed by atoms with Gasteiger partial charge in [-0.25, -0.2) is 0 Å². The largest absolute Gasteiger partial charge is 0.491 e. The van der Waals surface area contributed by atoms with Crippen molar-refractivity contribution in [1.29, 1.82) is 0 Å². The van der Waals surface area contributed by atoms with Gasteiger partial charge in [0.25, 0.3) is 0 Å². The molecule has 5 amide bonds. The van der Waals surface area contributed by atoms with Crippen molar-refractivity contribution in [3.63, 3.8) is 0 Å². The van der Waals surface area contributed by atoms with Crippen LogP contribution < -0.4 is 37.5 Å². The van der Waals surface area contributed by atoms with Crippen LogP contribution in [0, 0.1) is 24.7 Å². The van der Waals surface area contributed by atoms with Crippen LogP contribution in [0.4, 0.5) is 0 Å². The van der Waals surface area contributed by atoms with Crippen molar-refractivity contribution in [2.75, 3.05) is 26.8 Å². The van der Waals surface area contributed by atoms with Gasteiger partial charge in [0.2, 0.25) is 29.5 Å². The lowest BCUT2D eigenvalue weighted by atomic mass is 9.90. The van der Waals surface area contributed by atoms with Crippen molar-refractivity contribution in [3.05, 3.63) is 29.3 Å². The molecule has 1 aromatic carbocycles. The summed E-state index contributed by atoms with van der Waals surface area (Å²) >= 11 is 0. The van der Waals surface area contributed by atoms with Crippen molar-refractivity contribution in [2.24, 2.45) is 29.2 Å². The summed E-state index contributed by atoms with van der Waals surface area (Å²) in [6, 6.07) is 0.811. The Balaban J connectivity index is 2.04. The van der Waals surface area contributed by atoms with Gasteiger partial charge in [-0.15, -0.1) is 0 Å². The minimum Gasteiger partial charge on any atom is -0.491 e. The van der Waals surface area contributed by atoms with Gasteiger partial charge in [-0.1, -0.05) is 91.2 Å². The molecule has 1 heterocycles. The third kappa shape index (κ3) is 14.9. The number of carbonyl (C=O) groups is 5. The number of benzene rings is 1. The minimum absolute atomic E-state index is 0.0695. The Morgan fingerprint density at radius 2 is 1.53 bits per heavy atom. The normalized spacial score (nSPS) is 27.0. The molecule has 14 heteroatoms. The smallest absolute Gasteiger partial charge is 0.246 e. The van der Waals surface area contributed by atoms with E-state index in [1.54, 1.807) is 20.0 Å². The first-order chi connectivity index (χ1) is 27.2. The molecule has 2 aliphatic rings. The molecule has 14 nitrogen and oxygen atoms in total. The number of unbranched alkanes of at least 4 members (excludes halogenated alkanes) is 3. The van der Waals surface area contributed by atoms with Crippen LogP contribution in [0.1, 0.15) is 123 Å². The zero-order chi connectivity index (χ0) is 42.1. The summed E-state index contributed by atoms with van der Waals surface area (Å²) in [5.74, 6) is -2.55. The summed E-state index contributed by atoms with van der Waals surface area (Å²) < 4.78 is 12.5. The molecule has 1 aliphatic carbocycles. The van der Waals surface area contributed by atoms with Crippen molar-refractivity contribution in [3.8, 4) is 5.75 Å². The lowest BCUT2D eigenvalue weighted by molar-refractivity contribution is -0.147. The molecule has 57 heavy (non-hydrogen) atoms. The lowest BCUT2D eigenvalue weighted by Gasteiger charge is -2.35. The van der Waals surface area contributed by atoms with E-state index in [1.165, 1.54) is 4.90 Å². The highest BCUT2D eigenvalue weighted by atomic mass is 16.5. The van der Waals surface area contributed by atoms with Crippen LogP contribution in [0.2, 0.25) is 0 Å². The molecule has 1 aromatic rings. The molecular formula is C43H73N7O7. The second-order valence-electron chi connectivity index (χ2n) is 16.7. The summed E-state index contributed by atoms with van der Waals surface area (Å²) in [6.45, 7) is 11.6. The maximum Gasteiger partial charge on any atom is 0.246 e. The number of ether oxygens (including phenoxy) is 2. The average molecular weight is 800 g/mol. The number of carbonyl (C=O) groups excluding carboxylic acids is 5. The van der Waals surface area contributed by atoms with Crippen molar-refractivity contribution < 1.29 is 33.4 Å². The Bertz CT molecular complexity index is 1450. The van der Waals surface area contributed by atoms with E-state index in [1.807, 2.05) is 39.8 Å². The van der Waals surface area contributed by atoms with E-state index in [9.17, 15) is 24.0 Å². The number of rotatable bonds is 13. The third-order valence-electron chi connectivity index (χ3n) is 11.4. The quantitative estimate of drug-likeness (QED) is 0.127. The second-order valence-corrected chi connectivity index (χ2v) is 16.7. The highest BCUT2D eigenvalue weighted by Crippen LogP contribution is 2.27. The molecule has 1 aliphatic heterocycles. The highest BCUT2D eigenvalue weighted by Gasteiger charge is 2.39. The Hall–Kier alpha value is -3.75. The molecule has 8 N–H and O–H groups in total. The Morgan fingerprint density at radius 3 is 2.14 bits per heavy atom. The van der Waals surface area contributed by atoms with Gasteiger partial charge in [0, 0.05) is 26.2 Å². The molecule has 0 bridgehead atoms. The third-order valence-corrected chi connectivity index (χ3v) is 11.4. The van der Waals surface area contributed by atoms with Crippen LogP contribution >= 0.6 is 0 Å². The van der Waals surface area contributed by atoms with Crippen molar-refractivity contribution >= 4 is 29.5 Å². The van der Waals surface area contributed by atoms with Gasteiger partial charge in [0.15, 0.2) is 0 Å². The van der Waals surface area contributed by atoms with E-state index >= 15 is 0 Å². The summed E-state index contributed by atoms with van der Waals surface area (Å²) in [4.78, 5) is 72.2. The Kier molecular flexibility index (Phi) is 20.2. The predicted molar refractivity (Wildman–Crippen MR) is 222 cm³/mol. The van der Waals surface area contributed by atoms with Crippen molar-refractivity contribution in [2.45, 2.75) is 161 Å². The van der Waals surface area contributed by atoms with E-state index < -0.39 is 65.9 Å². The molecule has 0 aromatic heterocycles. The van der Waals surface area contributed by atoms with E-state index in [-0.39, 0.29) is 37.5 Å². The van der Waals surface area contributed by atoms with Gasteiger partial charge in [0.1, 0.15) is 36.5 Å². The standard InChI is InChI=1S/C43H73N7O7/c1-8-9-10-15-18-37-30(6)43(55)50(7)35(21-27(2)3)41(53)49-38(32-16-13-11-12-14-17-32)42(54)47-33(24-45)39(51)48-34(40(52)46-29(5)25-56-37)26-57-36-20-19-31(23-44)22-28(36)4/h19-20,22,27,29-30,32-35,37-38H,8-18,21,23-26,44-45H2,1-7H3,(H,46,52)(H,47,54)(H,48,51)(H,49,53)/t29-,30-,33+,34+,35+,37-,38+/m1/s1. The molecule has 0 spiro atoms. The summed E-state index contributed by atoms with van der Waals surface area (Å²) in [6.07, 6.45) is 9.80. The summed E-state index contributed by atoms with van der Waals surface area (Å²) in [7, 11) is 1.65. The van der Waals surface area contributed by atoms with Crippen LogP contribution in [-0.4, -0.2) is 97.6 Å². The zero-order valence-electron chi connectivity index (χ0n) is 35.7. The van der Waals surface area contributed by atoms with Crippen LogP contribution in [0.25, 0.3) is 0 Å². The molecular weight excluding hydrogens is 727 g/mol. The molecule has 3 rings (SSSR count). The first-order valence-corrected chi connectivity index (χ1v) is 21.4. The predicted octanol–water partition coefficient (Wildman–Crippen LogP) is 3.60. The maximum absolute atomic E-state index is 14.4. The number of amides is 5. The van der Waals surface area contributed by atoms with Gasteiger partial charge < -0.3 is 47.1 Å². The molecule has 1 saturated carbocycles. The molecule has 0 unspecified atom stereocenters. The number of nitrogens with one attached hydrogen (secondary N) is 4. The number of hydrogen-bond acceptors (Lipinski definition) is 9. The molecule has 0 radical (unpaired) electrons. The van der Waals surface area contributed by atoms with Gasteiger partial charge in [-0.3, -0.25) is 24.0 Å². The first-order valence-electron chi connectivity index (χ1n) is 21.4. The molecule has 322 valence electrons. The second kappa shape index (κ2) is 24.2. The van der Waals surface area contributed by atoms with Crippen LogP contribution in [0.15, 0.2) is 18.2 Å². The van der Waals surface area contributed by atoms with Gasteiger partial charge in [-0.05, 0) is 68.6 Å². The zero-order valence-corrected chi connectivity index (χ0v) is 35.7. The van der Waals surface area contributed by atoms with E-state index in [0.29, 0.717) is 25.1 Å². The van der Waals surface area contributed by atoms with Gasteiger partial charge in [-0.2, -0.15) is 0 Å².